The minimum absolute atomic E-state index is 0.0125. The number of nitrogens with one attached hydrogen (secondary N) is 1. The Labute approximate surface area is 161 Å². The van der Waals surface area contributed by atoms with E-state index in [0.29, 0.717) is 32.1 Å². The summed E-state index contributed by atoms with van der Waals surface area (Å²) in [7, 11) is 1.96. The minimum atomic E-state index is -0.0125. The highest BCUT2D eigenvalue weighted by molar-refractivity contribution is 5.80. The van der Waals surface area contributed by atoms with E-state index < -0.39 is 0 Å². The van der Waals surface area contributed by atoms with Gasteiger partial charge in [0.15, 0.2) is 0 Å². The molecule has 3 amide bonds. The van der Waals surface area contributed by atoms with Gasteiger partial charge in [-0.15, -0.1) is 0 Å². The monoisotopic (exact) mass is 373 g/mol. The summed E-state index contributed by atoms with van der Waals surface area (Å²) in [5.41, 5.74) is 2.39. The zero-order valence-corrected chi connectivity index (χ0v) is 16.3. The fraction of sp³-hybridized carbons (Fsp3) is 0.750. The lowest BCUT2D eigenvalue weighted by atomic mass is 9.88. The van der Waals surface area contributed by atoms with Crippen LogP contribution in [0.15, 0.2) is 6.20 Å². The quantitative estimate of drug-likeness (QED) is 0.864. The Morgan fingerprint density at radius 2 is 1.70 bits per heavy atom. The molecular weight excluding hydrogens is 342 g/mol. The van der Waals surface area contributed by atoms with Gasteiger partial charge in [-0.2, -0.15) is 5.10 Å². The predicted octanol–water partition coefficient (Wildman–Crippen LogP) is 2.23. The van der Waals surface area contributed by atoms with E-state index in [1.54, 1.807) is 0 Å². The molecule has 1 saturated carbocycles. The molecule has 1 N–H and O–H groups in total. The van der Waals surface area contributed by atoms with Crippen molar-refractivity contribution in [2.75, 3.05) is 26.2 Å². The average Bonchev–Trinajstić information content (AvgIpc) is 3.10. The number of piperazine rings is 1. The molecular formula is C20H31N5O2. The third-order valence-electron chi connectivity index (χ3n) is 6.51. The summed E-state index contributed by atoms with van der Waals surface area (Å²) in [6, 6.07) is 0.0401. The average molecular weight is 374 g/mol. The Hall–Kier alpha value is -2.05. The van der Waals surface area contributed by atoms with Gasteiger partial charge in [-0.25, -0.2) is 4.79 Å². The molecule has 1 aromatic rings. The highest BCUT2D eigenvalue weighted by Gasteiger charge is 2.31. The van der Waals surface area contributed by atoms with Crippen LogP contribution in [-0.2, 0) is 18.3 Å². The lowest BCUT2D eigenvalue weighted by molar-refractivity contribution is -0.138. The van der Waals surface area contributed by atoms with Crippen LogP contribution < -0.4 is 5.32 Å². The normalized spacial score (nSPS) is 23.8. The van der Waals surface area contributed by atoms with E-state index in [2.05, 4.69) is 10.4 Å². The first kappa shape index (κ1) is 18.3. The van der Waals surface area contributed by atoms with Crippen LogP contribution in [0.3, 0.4) is 0 Å². The summed E-state index contributed by atoms with van der Waals surface area (Å²) < 4.78 is 1.92. The number of carbonyl (C=O) groups excluding carboxylic acids is 2. The van der Waals surface area contributed by atoms with Gasteiger partial charge in [0, 0.05) is 50.4 Å². The van der Waals surface area contributed by atoms with Gasteiger partial charge >= 0.3 is 6.03 Å². The van der Waals surface area contributed by atoms with Gasteiger partial charge in [0.2, 0.25) is 5.91 Å². The SMILES string of the molecule is Cn1ncc2c1CCCC2NC(=O)N1CCN(C(=O)C2CCCCC2)CC1. The van der Waals surface area contributed by atoms with Crippen molar-refractivity contribution in [3.8, 4) is 0 Å². The van der Waals surface area contributed by atoms with E-state index in [-0.39, 0.29) is 18.0 Å². The van der Waals surface area contributed by atoms with Gasteiger partial charge in [-0.05, 0) is 32.1 Å². The molecule has 7 nitrogen and oxygen atoms in total. The third-order valence-corrected chi connectivity index (χ3v) is 6.51. The number of rotatable bonds is 2. The maximum absolute atomic E-state index is 12.7. The van der Waals surface area contributed by atoms with Crippen molar-refractivity contribution in [2.24, 2.45) is 13.0 Å². The first-order valence-electron chi connectivity index (χ1n) is 10.5. The fourth-order valence-electron chi connectivity index (χ4n) is 4.83. The molecule has 1 aliphatic heterocycles. The Kier molecular flexibility index (Phi) is 5.36. The Morgan fingerprint density at radius 3 is 2.44 bits per heavy atom. The number of nitrogens with zero attached hydrogens (tertiary/aromatic N) is 4. The number of urea groups is 1. The molecule has 2 aliphatic carbocycles. The summed E-state index contributed by atoms with van der Waals surface area (Å²) in [6.45, 7) is 2.56. The molecule has 2 heterocycles. The molecule has 2 fully saturated rings. The standard InChI is InChI=1S/C20H31N5O2/c1-23-18-9-5-8-17(16(18)14-21-23)22-20(27)25-12-10-24(11-13-25)19(26)15-6-3-2-4-7-15/h14-15,17H,2-13H2,1H3,(H,22,27). The molecule has 148 valence electrons. The van der Waals surface area contributed by atoms with Crippen LogP contribution in [0.5, 0.6) is 0 Å². The van der Waals surface area contributed by atoms with E-state index in [1.165, 1.54) is 25.0 Å². The largest absolute Gasteiger partial charge is 0.339 e. The van der Waals surface area contributed by atoms with Crippen molar-refractivity contribution in [2.45, 2.75) is 57.4 Å². The summed E-state index contributed by atoms with van der Waals surface area (Å²) in [5, 5.41) is 7.55. The Balaban J connectivity index is 1.30. The second-order valence-corrected chi connectivity index (χ2v) is 8.21. The number of amides is 3. The third kappa shape index (κ3) is 3.82. The van der Waals surface area contributed by atoms with Gasteiger partial charge in [0.1, 0.15) is 0 Å². The van der Waals surface area contributed by atoms with Gasteiger partial charge < -0.3 is 15.1 Å². The van der Waals surface area contributed by atoms with Crippen LogP contribution in [-0.4, -0.2) is 57.7 Å². The molecule has 1 saturated heterocycles. The Bertz CT molecular complexity index is 687. The van der Waals surface area contributed by atoms with Crippen LogP contribution in [0.2, 0.25) is 0 Å². The van der Waals surface area contributed by atoms with Gasteiger partial charge in [0.25, 0.3) is 0 Å². The molecule has 4 rings (SSSR count). The number of hydrogen-bond acceptors (Lipinski definition) is 3. The van der Waals surface area contributed by atoms with Gasteiger partial charge in [0.05, 0.1) is 12.2 Å². The molecule has 3 aliphatic rings. The molecule has 27 heavy (non-hydrogen) atoms. The van der Waals surface area contributed by atoms with Crippen LogP contribution >= 0.6 is 0 Å². The molecule has 0 spiro atoms. The van der Waals surface area contributed by atoms with Gasteiger partial charge in [-0.3, -0.25) is 9.48 Å². The number of fused-ring (bicyclic) bond motifs is 1. The van der Waals surface area contributed by atoms with E-state index in [0.717, 1.165) is 37.7 Å². The predicted molar refractivity (Wildman–Crippen MR) is 102 cm³/mol. The van der Waals surface area contributed by atoms with E-state index in [1.807, 2.05) is 27.7 Å². The fourth-order valence-corrected chi connectivity index (χ4v) is 4.83. The highest BCUT2D eigenvalue weighted by Crippen LogP contribution is 2.29. The van der Waals surface area contributed by atoms with Crippen molar-refractivity contribution < 1.29 is 9.59 Å². The first-order chi connectivity index (χ1) is 13.1. The molecule has 1 unspecified atom stereocenters. The summed E-state index contributed by atoms with van der Waals surface area (Å²) >= 11 is 0. The number of carbonyl (C=O) groups is 2. The first-order valence-corrected chi connectivity index (χ1v) is 10.5. The molecule has 1 aromatic heterocycles. The van der Waals surface area contributed by atoms with Crippen LogP contribution in [0.1, 0.15) is 62.2 Å². The number of hydrogen-bond donors (Lipinski definition) is 1. The summed E-state index contributed by atoms with van der Waals surface area (Å²) in [6.07, 6.45) is 10.6. The molecule has 7 heteroatoms. The maximum Gasteiger partial charge on any atom is 0.318 e. The van der Waals surface area contributed by atoms with Crippen molar-refractivity contribution in [3.05, 3.63) is 17.5 Å². The molecule has 0 radical (unpaired) electrons. The minimum Gasteiger partial charge on any atom is -0.339 e. The van der Waals surface area contributed by atoms with Crippen molar-refractivity contribution in [1.82, 2.24) is 24.9 Å². The zero-order valence-electron chi connectivity index (χ0n) is 16.3. The van der Waals surface area contributed by atoms with Crippen molar-refractivity contribution >= 4 is 11.9 Å². The Morgan fingerprint density at radius 1 is 1.00 bits per heavy atom. The molecule has 1 atom stereocenters. The second-order valence-electron chi connectivity index (χ2n) is 8.21. The van der Waals surface area contributed by atoms with E-state index in [4.69, 9.17) is 0 Å². The number of aryl methyl sites for hydroxylation is 1. The second kappa shape index (κ2) is 7.90. The van der Waals surface area contributed by atoms with Crippen LogP contribution in [0.25, 0.3) is 0 Å². The lowest BCUT2D eigenvalue weighted by Gasteiger charge is -2.38. The van der Waals surface area contributed by atoms with Crippen LogP contribution in [0, 0.1) is 5.92 Å². The van der Waals surface area contributed by atoms with E-state index >= 15 is 0 Å². The molecule has 0 aromatic carbocycles. The topological polar surface area (TPSA) is 70.5 Å². The maximum atomic E-state index is 12.7. The summed E-state index contributed by atoms with van der Waals surface area (Å²) in [4.78, 5) is 29.3. The van der Waals surface area contributed by atoms with Crippen molar-refractivity contribution in [1.29, 1.82) is 0 Å². The van der Waals surface area contributed by atoms with E-state index in [9.17, 15) is 9.59 Å². The molecule has 0 bridgehead atoms. The highest BCUT2D eigenvalue weighted by atomic mass is 16.2. The van der Waals surface area contributed by atoms with Crippen LogP contribution in [0.4, 0.5) is 4.79 Å². The van der Waals surface area contributed by atoms with Crippen molar-refractivity contribution in [3.63, 3.8) is 0 Å². The smallest absolute Gasteiger partial charge is 0.318 e. The zero-order chi connectivity index (χ0) is 18.8. The number of aromatic nitrogens is 2. The summed E-state index contributed by atoms with van der Waals surface area (Å²) in [5.74, 6) is 0.521. The van der Waals surface area contributed by atoms with Gasteiger partial charge in [-0.1, -0.05) is 19.3 Å². The lowest BCUT2D eigenvalue weighted by Crippen LogP contribution is -2.54.